The van der Waals surface area contributed by atoms with E-state index in [1.807, 2.05) is 18.2 Å². The lowest BCUT2D eigenvalue weighted by Gasteiger charge is -2.16. The van der Waals surface area contributed by atoms with Gasteiger partial charge in [-0.3, -0.25) is 9.13 Å². The first-order valence-electron chi connectivity index (χ1n) is 18.9. The SMILES string of the molecule is c1ccc(-c2ccc3c(c2)c2ccccc2c2ccccc2c2ccccc2n3-c2nc(-c3ccccc3)nc(-n3c4ccccc4c4ccccc43)n2)cc1. The van der Waals surface area contributed by atoms with E-state index in [-0.39, 0.29) is 0 Å². The van der Waals surface area contributed by atoms with Crippen LogP contribution in [0.15, 0.2) is 200 Å². The van der Waals surface area contributed by atoms with Gasteiger partial charge in [-0.15, -0.1) is 0 Å². The van der Waals surface area contributed by atoms with Crippen molar-refractivity contribution < 1.29 is 0 Å². The predicted octanol–water partition coefficient (Wildman–Crippen LogP) is 12.8. The molecule has 56 heavy (non-hydrogen) atoms. The summed E-state index contributed by atoms with van der Waals surface area (Å²) in [5.41, 5.74) is 7.20. The second-order valence-electron chi connectivity index (χ2n) is 14.0. The van der Waals surface area contributed by atoms with Crippen LogP contribution in [0.25, 0.3) is 99.6 Å². The molecule has 262 valence electrons. The summed E-state index contributed by atoms with van der Waals surface area (Å²) >= 11 is 0. The number of benzene rings is 8. The van der Waals surface area contributed by atoms with Crippen LogP contribution >= 0.6 is 0 Å². The van der Waals surface area contributed by atoms with Crippen molar-refractivity contribution in [2.45, 2.75) is 0 Å². The van der Waals surface area contributed by atoms with E-state index in [4.69, 9.17) is 15.0 Å². The van der Waals surface area contributed by atoms with Gasteiger partial charge in [-0.25, -0.2) is 0 Å². The molecule has 3 heterocycles. The largest absolute Gasteiger partial charge is 0.278 e. The molecule has 0 bridgehead atoms. The molecule has 0 unspecified atom stereocenters. The summed E-state index contributed by atoms with van der Waals surface area (Å²) < 4.78 is 4.41. The van der Waals surface area contributed by atoms with E-state index in [0.29, 0.717) is 17.7 Å². The van der Waals surface area contributed by atoms with Crippen LogP contribution in [0.2, 0.25) is 0 Å². The second-order valence-corrected chi connectivity index (χ2v) is 14.0. The van der Waals surface area contributed by atoms with Crippen molar-refractivity contribution in [1.29, 1.82) is 0 Å². The zero-order valence-corrected chi connectivity index (χ0v) is 30.3. The summed E-state index contributed by atoms with van der Waals surface area (Å²) in [7, 11) is 0. The van der Waals surface area contributed by atoms with Gasteiger partial charge in [0, 0.05) is 27.1 Å². The van der Waals surface area contributed by atoms with Crippen LogP contribution in [0.4, 0.5) is 0 Å². The third kappa shape index (κ3) is 5.13. The maximum Gasteiger partial charge on any atom is 0.240 e. The number of para-hydroxylation sites is 3. The van der Waals surface area contributed by atoms with Crippen LogP contribution in [0.5, 0.6) is 0 Å². The van der Waals surface area contributed by atoms with Crippen molar-refractivity contribution >= 4 is 65.2 Å². The standard InChI is InChI=1S/C51H33N5/c1-3-17-34(18-4-1)36-31-32-48-44(33-36)40-24-10-8-22-38(40)37-21-7-9-23-39(37)41-25-11-14-28-45(41)56(48)51-53-49(35-19-5-2-6-20-35)52-50(54-51)55-46-29-15-12-26-42(46)43-27-13-16-30-47(43)55/h1-33H. The van der Waals surface area contributed by atoms with E-state index in [1.165, 1.54) is 5.39 Å². The average Bonchev–Trinajstić information content (AvgIpc) is 3.63. The molecule has 0 aliphatic carbocycles. The smallest absolute Gasteiger partial charge is 0.240 e. The molecule has 0 radical (unpaired) electrons. The monoisotopic (exact) mass is 715 g/mol. The highest BCUT2D eigenvalue weighted by molar-refractivity contribution is 6.19. The molecule has 0 aliphatic rings. The maximum absolute atomic E-state index is 5.49. The van der Waals surface area contributed by atoms with Crippen molar-refractivity contribution in [3.05, 3.63) is 200 Å². The topological polar surface area (TPSA) is 48.5 Å². The highest BCUT2D eigenvalue weighted by atomic mass is 15.3. The Morgan fingerprint density at radius 1 is 0.250 bits per heavy atom. The molecule has 3 aromatic heterocycles. The summed E-state index contributed by atoms with van der Waals surface area (Å²) in [6.45, 7) is 0. The summed E-state index contributed by atoms with van der Waals surface area (Å²) in [5, 5.41) is 9.05. The first kappa shape index (κ1) is 31.9. The molecule has 0 atom stereocenters. The zero-order chi connectivity index (χ0) is 37.0. The van der Waals surface area contributed by atoms with Gasteiger partial charge in [-0.1, -0.05) is 170 Å². The Morgan fingerprint density at radius 2 is 0.607 bits per heavy atom. The maximum atomic E-state index is 5.49. The minimum absolute atomic E-state index is 0.522. The number of hydrogen-bond acceptors (Lipinski definition) is 3. The van der Waals surface area contributed by atoms with E-state index in [1.54, 1.807) is 0 Å². The lowest BCUT2D eigenvalue weighted by molar-refractivity contribution is 0.891. The molecular formula is C51H33N5. The number of hydrogen-bond donors (Lipinski definition) is 0. The Hall–Kier alpha value is -7.63. The van der Waals surface area contributed by atoms with Crippen LogP contribution in [0, 0.1) is 0 Å². The van der Waals surface area contributed by atoms with E-state index in [2.05, 4.69) is 191 Å². The molecular weight excluding hydrogens is 683 g/mol. The molecule has 11 rings (SSSR count). The Morgan fingerprint density at radius 3 is 1.11 bits per heavy atom. The first-order chi connectivity index (χ1) is 27.8. The van der Waals surface area contributed by atoms with Crippen molar-refractivity contribution in [3.63, 3.8) is 0 Å². The minimum Gasteiger partial charge on any atom is -0.278 e. The number of rotatable bonds is 4. The highest BCUT2D eigenvalue weighted by Gasteiger charge is 2.20. The number of nitrogens with zero attached hydrogens (tertiary/aromatic N) is 5. The fraction of sp³-hybridized carbons (Fsp3) is 0. The van der Waals surface area contributed by atoms with Crippen molar-refractivity contribution in [2.24, 2.45) is 0 Å². The van der Waals surface area contributed by atoms with Gasteiger partial charge in [0.25, 0.3) is 0 Å². The van der Waals surface area contributed by atoms with Gasteiger partial charge in [-0.05, 0) is 63.0 Å². The van der Waals surface area contributed by atoms with E-state index in [0.717, 1.165) is 76.5 Å². The summed E-state index contributed by atoms with van der Waals surface area (Å²) in [6, 6.07) is 70.6. The van der Waals surface area contributed by atoms with Gasteiger partial charge in [0.15, 0.2) is 5.82 Å². The first-order valence-corrected chi connectivity index (χ1v) is 18.9. The number of fused-ring (bicyclic) bond motifs is 10. The lowest BCUT2D eigenvalue weighted by Crippen LogP contribution is -2.11. The number of aromatic nitrogens is 5. The van der Waals surface area contributed by atoms with Gasteiger partial charge in [0.1, 0.15) is 0 Å². The molecule has 8 aromatic carbocycles. The van der Waals surface area contributed by atoms with Gasteiger partial charge in [0.2, 0.25) is 11.9 Å². The van der Waals surface area contributed by atoms with Crippen molar-refractivity contribution in [1.82, 2.24) is 24.1 Å². The third-order valence-electron chi connectivity index (χ3n) is 10.8. The molecule has 5 nitrogen and oxygen atoms in total. The summed E-state index contributed by atoms with van der Waals surface area (Å²) in [5.74, 6) is 1.66. The van der Waals surface area contributed by atoms with Crippen LogP contribution in [-0.4, -0.2) is 24.1 Å². The molecule has 11 aromatic rings. The zero-order valence-electron chi connectivity index (χ0n) is 30.3. The minimum atomic E-state index is 0.522. The van der Waals surface area contributed by atoms with Crippen molar-refractivity contribution in [3.8, 4) is 34.4 Å². The fourth-order valence-electron chi connectivity index (χ4n) is 8.31. The molecule has 5 heteroatoms. The normalized spacial score (nSPS) is 11.6. The van der Waals surface area contributed by atoms with E-state index < -0.39 is 0 Å². The second kappa shape index (κ2) is 13.0. The Balaban J connectivity index is 1.37. The molecule has 0 saturated heterocycles. The molecule has 0 N–H and O–H groups in total. The predicted molar refractivity (Wildman–Crippen MR) is 232 cm³/mol. The lowest BCUT2D eigenvalue weighted by atomic mass is 9.99. The third-order valence-corrected chi connectivity index (χ3v) is 10.8. The van der Waals surface area contributed by atoms with E-state index in [9.17, 15) is 0 Å². The Labute approximate surface area is 322 Å². The summed E-state index contributed by atoms with van der Waals surface area (Å²) in [6.07, 6.45) is 0. The van der Waals surface area contributed by atoms with Crippen LogP contribution < -0.4 is 0 Å². The highest BCUT2D eigenvalue weighted by Crippen LogP contribution is 2.37. The van der Waals surface area contributed by atoms with Crippen LogP contribution in [0.1, 0.15) is 0 Å². The van der Waals surface area contributed by atoms with Gasteiger partial charge in [0.05, 0.1) is 22.1 Å². The average molecular weight is 716 g/mol. The van der Waals surface area contributed by atoms with E-state index >= 15 is 0 Å². The quantitative estimate of drug-likeness (QED) is 0.182. The van der Waals surface area contributed by atoms with Gasteiger partial charge in [-0.2, -0.15) is 15.0 Å². The van der Waals surface area contributed by atoms with Gasteiger partial charge >= 0.3 is 0 Å². The van der Waals surface area contributed by atoms with Crippen LogP contribution in [-0.2, 0) is 0 Å². The molecule has 0 spiro atoms. The van der Waals surface area contributed by atoms with Crippen molar-refractivity contribution in [2.75, 3.05) is 0 Å². The molecule has 0 fully saturated rings. The van der Waals surface area contributed by atoms with Gasteiger partial charge < -0.3 is 0 Å². The summed E-state index contributed by atoms with van der Waals surface area (Å²) in [4.78, 5) is 16.1. The molecule has 0 saturated carbocycles. The fourth-order valence-corrected chi connectivity index (χ4v) is 8.31. The Bertz CT molecular complexity index is 3310. The molecule has 0 amide bonds. The van der Waals surface area contributed by atoms with Crippen LogP contribution in [0.3, 0.4) is 0 Å². The molecule has 0 aliphatic heterocycles. The Kier molecular flexibility index (Phi) is 7.42.